The second kappa shape index (κ2) is 11.7. The summed E-state index contributed by atoms with van der Waals surface area (Å²) in [6, 6.07) is 25.7. The molecule has 4 aromatic carbocycles. The maximum atomic E-state index is 13.8. The predicted octanol–water partition coefficient (Wildman–Crippen LogP) is 9.34. The van der Waals surface area contributed by atoms with Crippen LogP contribution in [0.3, 0.4) is 0 Å². The standard InChI is InChI=1S/C38H12F6N6/c39-37(40,41)31-11-21(1-3-23(31)13-45)19-5-7-27-29(9-19)33(25(15-47)16-48)36-28-8-6-20(10-30(28)34(35(27)36)26(17-49)18-50)22-2-4-24(14-46)32(12-22)38(42,43)44/h1-12H. The van der Waals surface area contributed by atoms with Crippen molar-refractivity contribution < 1.29 is 26.3 Å². The van der Waals surface area contributed by atoms with Gasteiger partial charge < -0.3 is 0 Å². The van der Waals surface area contributed by atoms with Crippen LogP contribution in [0.5, 0.6) is 0 Å². The van der Waals surface area contributed by atoms with Crippen LogP contribution in [0.25, 0.3) is 44.5 Å². The van der Waals surface area contributed by atoms with Gasteiger partial charge in [0, 0.05) is 22.3 Å². The second-order valence-corrected chi connectivity index (χ2v) is 11.0. The molecule has 236 valence electrons. The molecule has 2 aliphatic rings. The van der Waals surface area contributed by atoms with Gasteiger partial charge >= 0.3 is 12.4 Å². The maximum absolute atomic E-state index is 13.8. The summed E-state index contributed by atoms with van der Waals surface area (Å²) in [5, 5.41) is 58.5. The lowest BCUT2D eigenvalue weighted by Gasteiger charge is -2.16. The molecule has 4 aromatic rings. The third-order valence-corrected chi connectivity index (χ3v) is 8.37. The first-order valence-corrected chi connectivity index (χ1v) is 14.2. The molecule has 6 nitrogen and oxygen atoms in total. The summed E-state index contributed by atoms with van der Waals surface area (Å²) in [4.78, 5) is 0. The largest absolute Gasteiger partial charge is 0.417 e. The molecular formula is C38H12F6N6. The molecule has 2 aliphatic carbocycles. The van der Waals surface area contributed by atoms with Crippen molar-refractivity contribution in [3.8, 4) is 58.7 Å². The first kappa shape index (κ1) is 32.6. The van der Waals surface area contributed by atoms with Crippen molar-refractivity contribution in [2.75, 3.05) is 0 Å². The Morgan fingerprint density at radius 2 is 0.740 bits per heavy atom. The van der Waals surface area contributed by atoms with Crippen LogP contribution in [0, 0.1) is 68.0 Å². The Balaban J connectivity index is 1.60. The molecule has 0 aromatic heterocycles. The molecule has 0 atom stereocenters. The first-order chi connectivity index (χ1) is 23.8. The first-order valence-electron chi connectivity index (χ1n) is 14.2. The number of hydrogen-bond acceptors (Lipinski definition) is 6. The van der Waals surface area contributed by atoms with E-state index in [-0.39, 0.29) is 66.8 Å². The van der Waals surface area contributed by atoms with Gasteiger partial charge in [0.05, 0.1) is 34.4 Å². The van der Waals surface area contributed by atoms with E-state index < -0.39 is 34.6 Å². The summed E-state index contributed by atoms with van der Waals surface area (Å²) in [6.07, 6.45) is -9.67. The predicted molar refractivity (Wildman–Crippen MR) is 166 cm³/mol. The molecule has 0 saturated carbocycles. The zero-order chi connectivity index (χ0) is 36.1. The van der Waals surface area contributed by atoms with Gasteiger partial charge in [0.2, 0.25) is 0 Å². The van der Waals surface area contributed by atoms with Crippen molar-refractivity contribution >= 4 is 22.3 Å². The van der Waals surface area contributed by atoms with Crippen molar-refractivity contribution in [3.63, 3.8) is 0 Å². The number of fused-ring (bicyclic) bond motifs is 4. The molecule has 0 saturated heterocycles. The SMILES string of the molecule is N#CC(C#N)=C1C2=C(C(=C(C#N)C#N)c3cc(-c4ccc(C#N)c(C(F)(F)F)c4)ccc32)c2ccc(-c3ccc(C#N)c(C(F)(F)F)c3)cc21. The van der Waals surface area contributed by atoms with E-state index in [4.69, 9.17) is 0 Å². The molecule has 6 rings (SSSR count). The Labute approximate surface area is 279 Å². The van der Waals surface area contributed by atoms with Crippen LogP contribution >= 0.6 is 0 Å². The summed E-state index contributed by atoms with van der Waals surface area (Å²) in [6.45, 7) is 0. The van der Waals surface area contributed by atoms with Gasteiger partial charge in [-0.15, -0.1) is 0 Å². The van der Waals surface area contributed by atoms with E-state index in [0.29, 0.717) is 11.1 Å². The van der Waals surface area contributed by atoms with Gasteiger partial charge in [-0.1, -0.05) is 36.4 Å². The topological polar surface area (TPSA) is 143 Å². The molecule has 0 unspecified atom stereocenters. The van der Waals surface area contributed by atoms with Gasteiger partial charge in [-0.2, -0.15) is 57.9 Å². The minimum atomic E-state index is -4.83. The zero-order valence-electron chi connectivity index (χ0n) is 24.9. The van der Waals surface area contributed by atoms with E-state index >= 15 is 0 Å². The van der Waals surface area contributed by atoms with E-state index in [9.17, 15) is 57.9 Å². The molecular weight excluding hydrogens is 654 g/mol. The quantitative estimate of drug-likeness (QED) is 0.154. The number of hydrogen-bond donors (Lipinski definition) is 0. The zero-order valence-corrected chi connectivity index (χ0v) is 24.9. The highest BCUT2D eigenvalue weighted by Gasteiger charge is 2.41. The monoisotopic (exact) mass is 666 g/mol. The van der Waals surface area contributed by atoms with E-state index in [1.807, 2.05) is 24.3 Å². The van der Waals surface area contributed by atoms with E-state index in [1.54, 1.807) is 0 Å². The lowest BCUT2D eigenvalue weighted by molar-refractivity contribution is -0.138. The summed E-state index contributed by atoms with van der Waals surface area (Å²) in [5.41, 5.74) is -1.64. The van der Waals surface area contributed by atoms with Crippen LogP contribution in [0.4, 0.5) is 26.3 Å². The average Bonchev–Trinajstić information content (AvgIpc) is 3.60. The fourth-order valence-electron chi connectivity index (χ4n) is 6.26. The Bertz CT molecular complexity index is 2370. The molecule has 0 bridgehead atoms. The van der Waals surface area contributed by atoms with Gasteiger partial charge in [-0.3, -0.25) is 0 Å². The highest BCUT2D eigenvalue weighted by atomic mass is 19.4. The number of rotatable bonds is 2. The normalized spacial score (nSPS) is 12.7. The average molecular weight is 667 g/mol. The Morgan fingerprint density at radius 1 is 0.420 bits per heavy atom. The molecule has 0 N–H and O–H groups in total. The summed E-state index contributed by atoms with van der Waals surface area (Å²) < 4.78 is 82.7. The minimum Gasteiger partial charge on any atom is -0.192 e. The van der Waals surface area contributed by atoms with Crippen molar-refractivity contribution in [2.45, 2.75) is 12.4 Å². The molecule has 0 amide bonds. The number of allylic oxidation sites excluding steroid dienone is 6. The molecule has 0 aliphatic heterocycles. The van der Waals surface area contributed by atoms with Gasteiger partial charge in [-0.25, -0.2) is 0 Å². The van der Waals surface area contributed by atoms with Gasteiger partial charge in [-0.05, 0) is 80.9 Å². The Kier molecular flexibility index (Phi) is 7.62. The van der Waals surface area contributed by atoms with Gasteiger partial charge in [0.25, 0.3) is 0 Å². The van der Waals surface area contributed by atoms with Crippen LogP contribution in [0.15, 0.2) is 83.9 Å². The molecule has 0 radical (unpaired) electrons. The van der Waals surface area contributed by atoms with E-state index in [0.717, 1.165) is 24.3 Å². The minimum absolute atomic E-state index is 0.0807. The van der Waals surface area contributed by atoms with Crippen molar-refractivity contribution in [1.82, 2.24) is 0 Å². The lowest BCUT2D eigenvalue weighted by Crippen LogP contribution is -2.08. The highest BCUT2D eigenvalue weighted by Crippen LogP contribution is 2.60. The second-order valence-electron chi connectivity index (χ2n) is 11.0. The van der Waals surface area contributed by atoms with Crippen LogP contribution in [0.2, 0.25) is 0 Å². The number of benzene rings is 4. The third-order valence-electron chi connectivity index (χ3n) is 8.37. The number of halogens is 6. The van der Waals surface area contributed by atoms with E-state index in [1.165, 1.54) is 60.7 Å². The van der Waals surface area contributed by atoms with Crippen molar-refractivity contribution in [1.29, 1.82) is 31.6 Å². The highest BCUT2D eigenvalue weighted by molar-refractivity contribution is 6.38. The van der Waals surface area contributed by atoms with Crippen LogP contribution < -0.4 is 0 Å². The number of nitrogens with zero attached hydrogens (tertiary/aromatic N) is 6. The van der Waals surface area contributed by atoms with E-state index in [2.05, 4.69) is 0 Å². The fourth-order valence-corrected chi connectivity index (χ4v) is 6.26. The third kappa shape index (κ3) is 5.03. The van der Waals surface area contributed by atoms with Gasteiger partial charge in [0.15, 0.2) is 0 Å². The van der Waals surface area contributed by atoms with Crippen molar-refractivity contribution in [3.05, 3.63) is 128 Å². The Morgan fingerprint density at radius 3 is 1.04 bits per heavy atom. The molecule has 0 spiro atoms. The summed E-state index contributed by atoms with van der Waals surface area (Å²) in [7, 11) is 0. The molecule has 12 heteroatoms. The summed E-state index contributed by atoms with van der Waals surface area (Å²) >= 11 is 0. The molecule has 50 heavy (non-hydrogen) atoms. The van der Waals surface area contributed by atoms with Crippen LogP contribution in [-0.2, 0) is 12.4 Å². The number of nitriles is 6. The maximum Gasteiger partial charge on any atom is 0.417 e. The lowest BCUT2D eigenvalue weighted by atomic mass is 9.86. The fraction of sp³-hybridized carbons (Fsp3) is 0.0526. The number of alkyl halides is 6. The van der Waals surface area contributed by atoms with Crippen LogP contribution in [0.1, 0.15) is 44.5 Å². The summed E-state index contributed by atoms with van der Waals surface area (Å²) in [5.74, 6) is 0. The Hall–Kier alpha value is -7.38. The smallest absolute Gasteiger partial charge is 0.192 e. The van der Waals surface area contributed by atoms with Crippen LogP contribution in [-0.4, -0.2) is 0 Å². The molecule has 0 heterocycles. The van der Waals surface area contributed by atoms with Crippen molar-refractivity contribution in [2.24, 2.45) is 0 Å². The molecule has 0 fully saturated rings. The van der Waals surface area contributed by atoms with Gasteiger partial charge in [0.1, 0.15) is 35.4 Å².